The minimum absolute atomic E-state index is 0.0689. The van der Waals surface area contributed by atoms with Crippen molar-refractivity contribution in [2.24, 2.45) is 13.0 Å². The van der Waals surface area contributed by atoms with Gasteiger partial charge in [0.05, 0.1) is 5.39 Å². The topological polar surface area (TPSA) is 55.2 Å². The molecule has 0 unspecified atom stereocenters. The summed E-state index contributed by atoms with van der Waals surface area (Å²) >= 11 is 0. The molecule has 1 aromatic carbocycles. The summed E-state index contributed by atoms with van der Waals surface area (Å²) in [5.74, 6) is 0.565. The van der Waals surface area contributed by atoms with Crippen LogP contribution in [0.25, 0.3) is 10.8 Å². The van der Waals surface area contributed by atoms with Crippen molar-refractivity contribution in [2.45, 2.75) is 26.2 Å². The monoisotopic (exact) mass is 299 g/mol. The molecule has 1 fully saturated rings. The van der Waals surface area contributed by atoms with Gasteiger partial charge in [-0.1, -0.05) is 25.1 Å². The van der Waals surface area contributed by atoms with E-state index in [-0.39, 0.29) is 11.5 Å². The van der Waals surface area contributed by atoms with Gasteiger partial charge < -0.3 is 4.90 Å². The molecule has 1 aliphatic rings. The Morgan fingerprint density at radius 2 is 2.00 bits per heavy atom. The summed E-state index contributed by atoms with van der Waals surface area (Å²) in [5.41, 5.74) is 0.211. The number of amides is 1. The van der Waals surface area contributed by atoms with Crippen LogP contribution >= 0.6 is 0 Å². The van der Waals surface area contributed by atoms with Crippen LogP contribution in [0.4, 0.5) is 0 Å². The molecule has 0 saturated heterocycles. The Morgan fingerprint density at radius 1 is 1.32 bits per heavy atom. The molecule has 1 amide bonds. The average Bonchev–Trinajstić information content (AvgIpc) is 3.34. The SMILES string of the molecule is CCCN(CC1CC1)C(=O)c1nn(C)c(=O)c2ccccc12. The molecular formula is C17H21N3O2. The summed E-state index contributed by atoms with van der Waals surface area (Å²) in [6.07, 6.45) is 3.33. The largest absolute Gasteiger partial charge is 0.337 e. The average molecular weight is 299 g/mol. The van der Waals surface area contributed by atoms with Crippen LogP contribution < -0.4 is 5.56 Å². The third-order valence-corrected chi connectivity index (χ3v) is 4.12. The third kappa shape index (κ3) is 2.75. The number of benzene rings is 1. The molecule has 22 heavy (non-hydrogen) atoms. The number of carbonyl (C=O) groups excluding carboxylic acids is 1. The Hall–Kier alpha value is -2.17. The summed E-state index contributed by atoms with van der Waals surface area (Å²) in [6.45, 7) is 3.60. The number of rotatable bonds is 5. The minimum Gasteiger partial charge on any atom is -0.337 e. The fourth-order valence-corrected chi connectivity index (χ4v) is 2.77. The van der Waals surface area contributed by atoms with Crippen molar-refractivity contribution < 1.29 is 4.79 Å². The maximum Gasteiger partial charge on any atom is 0.274 e. The number of aromatic nitrogens is 2. The fraction of sp³-hybridized carbons (Fsp3) is 0.471. The van der Waals surface area contributed by atoms with E-state index in [0.29, 0.717) is 22.4 Å². The van der Waals surface area contributed by atoms with E-state index >= 15 is 0 Å². The second kappa shape index (κ2) is 5.91. The van der Waals surface area contributed by atoms with Gasteiger partial charge in [-0.25, -0.2) is 4.68 Å². The molecule has 3 rings (SSSR count). The molecule has 5 heteroatoms. The quantitative estimate of drug-likeness (QED) is 0.850. The minimum atomic E-state index is -0.170. The first-order valence-corrected chi connectivity index (χ1v) is 7.87. The smallest absolute Gasteiger partial charge is 0.274 e. The molecule has 5 nitrogen and oxygen atoms in total. The van der Waals surface area contributed by atoms with Gasteiger partial charge in [-0.2, -0.15) is 5.10 Å². The lowest BCUT2D eigenvalue weighted by Crippen LogP contribution is -2.36. The van der Waals surface area contributed by atoms with Crippen LogP contribution in [0.5, 0.6) is 0 Å². The molecule has 1 heterocycles. The van der Waals surface area contributed by atoms with Gasteiger partial charge in [0.15, 0.2) is 5.69 Å². The first-order valence-electron chi connectivity index (χ1n) is 7.87. The van der Waals surface area contributed by atoms with E-state index in [4.69, 9.17) is 0 Å². The van der Waals surface area contributed by atoms with Gasteiger partial charge in [-0.05, 0) is 31.2 Å². The van der Waals surface area contributed by atoms with Crippen molar-refractivity contribution >= 4 is 16.7 Å². The Kier molecular flexibility index (Phi) is 3.96. The van der Waals surface area contributed by atoms with E-state index in [2.05, 4.69) is 12.0 Å². The Labute approximate surface area is 129 Å². The van der Waals surface area contributed by atoms with Crippen molar-refractivity contribution in [1.29, 1.82) is 0 Å². The fourth-order valence-electron chi connectivity index (χ4n) is 2.77. The Morgan fingerprint density at radius 3 is 2.64 bits per heavy atom. The molecular weight excluding hydrogens is 278 g/mol. The van der Waals surface area contributed by atoms with Gasteiger partial charge in [-0.3, -0.25) is 9.59 Å². The van der Waals surface area contributed by atoms with E-state index in [1.54, 1.807) is 19.2 Å². The summed E-state index contributed by atoms with van der Waals surface area (Å²) in [6, 6.07) is 7.21. The first kappa shape index (κ1) is 14.8. The molecule has 1 aromatic heterocycles. The number of aryl methyl sites for hydroxylation is 1. The highest BCUT2D eigenvalue weighted by atomic mass is 16.2. The molecule has 0 spiro atoms. The summed E-state index contributed by atoms with van der Waals surface area (Å²) < 4.78 is 1.26. The van der Waals surface area contributed by atoms with Crippen LogP contribution in [0.2, 0.25) is 0 Å². The molecule has 1 saturated carbocycles. The second-order valence-electron chi connectivity index (χ2n) is 6.02. The van der Waals surface area contributed by atoms with E-state index in [1.807, 2.05) is 17.0 Å². The van der Waals surface area contributed by atoms with Crippen LogP contribution in [0.3, 0.4) is 0 Å². The number of hydrogen-bond donors (Lipinski definition) is 0. The van der Waals surface area contributed by atoms with Crippen LogP contribution in [0, 0.1) is 5.92 Å². The lowest BCUT2D eigenvalue weighted by molar-refractivity contribution is 0.0741. The van der Waals surface area contributed by atoms with E-state index < -0.39 is 0 Å². The molecule has 0 aliphatic heterocycles. The van der Waals surface area contributed by atoms with Gasteiger partial charge in [-0.15, -0.1) is 0 Å². The third-order valence-electron chi connectivity index (χ3n) is 4.12. The predicted molar refractivity (Wildman–Crippen MR) is 85.9 cm³/mol. The van der Waals surface area contributed by atoms with E-state index in [0.717, 1.165) is 19.5 Å². The maximum atomic E-state index is 12.9. The van der Waals surface area contributed by atoms with Gasteiger partial charge in [0.2, 0.25) is 0 Å². The van der Waals surface area contributed by atoms with Crippen molar-refractivity contribution in [1.82, 2.24) is 14.7 Å². The van der Waals surface area contributed by atoms with Gasteiger partial charge in [0.1, 0.15) is 0 Å². The molecule has 0 bridgehead atoms. The number of carbonyl (C=O) groups is 1. The molecule has 1 aliphatic carbocycles. The van der Waals surface area contributed by atoms with Crippen molar-refractivity contribution in [3.63, 3.8) is 0 Å². The first-order chi connectivity index (χ1) is 10.6. The van der Waals surface area contributed by atoms with Crippen molar-refractivity contribution in [3.05, 3.63) is 40.3 Å². The highest BCUT2D eigenvalue weighted by Crippen LogP contribution is 2.30. The summed E-state index contributed by atoms with van der Waals surface area (Å²) in [5, 5.41) is 5.44. The highest BCUT2D eigenvalue weighted by Gasteiger charge is 2.28. The normalized spacial score (nSPS) is 14.3. The van der Waals surface area contributed by atoms with Gasteiger partial charge >= 0.3 is 0 Å². The molecule has 116 valence electrons. The zero-order valence-corrected chi connectivity index (χ0v) is 13.1. The van der Waals surface area contributed by atoms with Gasteiger partial charge in [0, 0.05) is 25.5 Å². The van der Waals surface area contributed by atoms with Gasteiger partial charge in [0.25, 0.3) is 11.5 Å². The molecule has 0 atom stereocenters. The Balaban J connectivity index is 2.05. The van der Waals surface area contributed by atoms with Crippen LogP contribution in [0.15, 0.2) is 29.1 Å². The molecule has 2 aromatic rings. The standard InChI is InChI=1S/C17H21N3O2/c1-3-10-20(11-12-8-9-12)17(22)15-13-6-4-5-7-14(13)16(21)19(2)18-15/h4-7,12H,3,8-11H2,1-2H3. The molecule has 0 radical (unpaired) electrons. The van der Waals surface area contributed by atoms with Crippen molar-refractivity contribution in [3.8, 4) is 0 Å². The summed E-state index contributed by atoms with van der Waals surface area (Å²) in [7, 11) is 1.59. The lowest BCUT2D eigenvalue weighted by Gasteiger charge is -2.22. The number of fused-ring (bicyclic) bond motifs is 1. The van der Waals surface area contributed by atoms with E-state index in [9.17, 15) is 9.59 Å². The summed E-state index contributed by atoms with van der Waals surface area (Å²) in [4.78, 5) is 27.0. The second-order valence-corrected chi connectivity index (χ2v) is 6.02. The van der Waals surface area contributed by atoms with Crippen LogP contribution in [0.1, 0.15) is 36.7 Å². The molecule has 0 N–H and O–H groups in total. The Bertz CT molecular complexity index is 762. The maximum absolute atomic E-state index is 12.9. The van der Waals surface area contributed by atoms with Crippen LogP contribution in [-0.2, 0) is 7.05 Å². The lowest BCUT2D eigenvalue weighted by atomic mass is 10.1. The zero-order valence-electron chi connectivity index (χ0n) is 13.1. The highest BCUT2D eigenvalue weighted by molar-refractivity contribution is 6.04. The van der Waals surface area contributed by atoms with Crippen LogP contribution in [-0.4, -0.2) is 33.7 Å². The van der Waals surface area contributed by atoms with Crippen molar-refractivity contribution in [2.75, 3.05) is 13.1 Å². The predicted octanol–water partition coefficient (Wildman–Crippen LogP) is 2.20. The number of nitrogens with zero attached hydrogens (tertiary/aromatic N) is 3. The number of hydrogen-bond acceptors (Lipinski definition) is 3. The van der Waals surface area contributed by atoms with E-state index in [1.165, 1.54) is 17.5 Å². The zero-order chi connectivity index (χ0) is 15.7.